The van der Waals surface area contributed by atoms with E-state index in [0.717, 1.165) is 13.0 Å². The van der Waals surface area contributed by atoms with Crippen LogP contribution in [0.15, 0.2) is 5.11 Å². The Bertz CT molecular complexity index is 118. The van der Waals surface area contributed by atoms with Crippen LogP contribution in [-0.2, 0) is 0 Å². The molecule has 1 N–H and O–H groups in total. The SMILES string of the molecule is CNCCCCCCN=[N+]=[N-]. The average Bonchev–Trinajstić information content (AvgIpc) is 2.03. The molecule has 64 valence electrons. The summed E-state index contributed by atoms with van der Waals surface area (Å²) in [6, 6.07) is 0. The fourth-order valence-electron chi connectivity index (χ4n) is 0.883. The van der Waals surface area contributed by atoms with E-state index in [9.17, 15) is 0 Å². The van der Waals surface area contributed by atoms with Gasteiger partial charge in [0.1, 0.15) is 0 Å². The molecule has 0 aromatic heterocycles. The zero-order chi connectivity index (χ0) is 8.36. The standard InChI is InChI=1S/C7H16N4/c1-9-6-4-2-3-5-7-10-11-8/h9H,2-7H2,1H3. The van der Waals surface area contributed by atoms with Crippen LogP contribution in [0.4, 0.5) is 0 Å². The largest absolute Gasteiger partial charge is 0.320 e. The van der Waals surface area contributed by atoms with Gasteiger partial charge in [-0.15, -0.1) is 0 Å². The van der Waals surface area contributed by atoms with Gasteiger partial charge in [-0.05, 0) is 32.0 Å². The average molecular weight is 156 g/mol. The van der Waals surface area contributed by atoms with E-state index in [-0.39, 0.29) is 0 Å². The summed E-state index contributed by atoms with van der Waals surface area (Å²) in [4.78, 5) is 2.68. The summed E-state index contributed by atoms with van der Waals surface area (Å²) in [5.41, 5.74) is 7.96. The van der Waals surface area contributed by atoms with Crippen molar-refractivity contribution in [2.75, 3.05) is 20.1 Å². The molecular weight excluding hydrogens is 140 g/mol. The third kappa shape index (κ3) is 9.27. The third-order valence-corrected chi connectivity index (χ3v) is 1.50. The highest BCUT2D eigenvalue weighted by Gasteiger charge is 1.86. The maximum atomic E-state index is 7.96. The van der Waals surface area contributed by atoms with Crippen LogP contribution in [0.1, 0.15) is 25.7 Å². The zero-order valence-electron chi connectivity index (χ0n) is 7.08. The Balaban J connectivity index is 2.84. The summed E-state index contributed by atoms with van der Waals surface area (Å²) in [6.45, 7) is 1.73. The Hall–Kier alpha value is -0.730. The van der Waals surface area contributed by atoms with E-state index in [1.807, 2.05) is 7.05 Å². The van der Waals surface area contributed by atoms with Crippen LogP contribution < -0.4 is 5.32 Å². The Kier molecular flexibility index (Phi) is 8.65. The smallest absolute Gasteiger partial charge is 0.0257 e. The normalized spacial score (nSPS) is 9.18. The minimum absolute atomic E-state index is 0.649. The van der Waals surface area contributed by atoms with Crippen molar-refractivity contribution in [1.29, 1.82) is 0 Å². The fraction of sp³-hybridized carbons (Fsp3) is 1.00. The molecule has 0 unspecified atom stereocenters. The summed E-state index contributed by atoms with van der Waals surface area (Å²) in [6.07, 6.45) is 4.63. The molecule has 11 heavy (non-hydrogen) atoms. The van der Waals surface area contributed by atoms with E-state index in [1.54, 1.807) is 0 Å². The van der Waals surface area contributed by atoms with Crippen LogP contribution in [-0.4, -0.2) is 20.1 Å². The summed E-state index contributed by atoms with van der Waals surface area (Å²) >= 11 is 0. The lowest BCUT2D eigenvalue weighted by atomic mass is 10.2. The molecular formula is C7H16N4. The molecule has 4 nitrogen and oxygen atoms in total. The van der Waals surface area contributed by atoms with Gasteiger partial charge in [-0.3, -0.25) is 0 Å². The zero-order valence-corrected chi connectivity index (χ0v) is 7.08. The van der Waals surface area contributed by atoms with E-state index < -0.39 is 0 Å². The Morgan fingerprint density at radius 1 is 1.27 bits per heavy atom. The number of rotatable bonds is 7. The minimum Gasteiger partial charge on any atom is -0.320 e. The van der Waals surface area contributed by atoms with Gasteiger partial charge in [0.05, 0.1) is 0 Å². The summed E-state index contributed by atoms with van der Waals surface area (Å²) in [5, 5.41) is 6.54. The lowest BCUT2D eigenvalue weighted by molar-refractivity contribution is 0.620. The van der Waals surface area contributed by atoms with E-state index in [2.05, 4.69) is 15.3 Å². The molecule has 0 aliphatic carbocycles. The quantitative estimate of drug-likeness (QED) is 0.261. The molecule has 0 aliphatic heterocycles. The van der Waals surface area contributed by atoms with Crippen LogP contribution >= 0.6 is 0 Å². The highest BCUT2D eigenvalue weighted by atomic mass is 15.1. The highest BCUT2D eigenvalue weighted by Crippen LogP contribution is 1.98. The van der Waals surface area contributed by atoms with E-state index in [4.69, 9.17) is 5.53 Å². The molecule has 0 bridgehead atoms. The van der Waals surface area contributed by atoms with Gasteiger partial charge < -0.3 is 5.32 Å². The van der Waals surface area contributed by atoms with Crippen molar-refractivity contribution in [3.63, 3.8) is 0 Å². The van der Waals surface area contributed by atoms with E-state index in [1.165, 1.54) is 19.3 Å². The first kappa shape index (κ1) is 10.3. The van der Waals surface area contributed by atoms with Gasteiger partial charge in [0, 0.05) is 11.5 Å². The van der Waals surface area contributed by atoms with Gasteiger partial charge in [0.2, 0.25) is 0 Å². The number of azide groups is 1. The molecule has 0 spiro atoms. The molecule has 0 aromatic carbocycles. The Morgan fingerprint density at radius 3 is 2.64 bits per heavy atom. The van der Waals surface area contributed by atoms with Crippen LogP contribution in [0.5, 0.6) is 0 Å². The maximum Gasteiger partial charge on any atom is 0.0257 e. The molecule has 0 atom stereocenters. The number of hydrogen-bond acceptors (Lipinski definition) is 2. The summed E-state index contributed by atoms with van der Waals surface area (Å²) in [5.74, 6) is 0. The molecule has 0 aromatic rings. The van der Waals surface area contributed by atoms with Crippen molar-refractivity contribution in [2.45, 2.75) is 25.7 Å². The first-order valence-electron chi connectivity index (χ1n) is 4.07. The number of hydrogen-bond donors (Lipinski definition) is 1. The van der Waals surface area contributed by atoms with Crippen LogP contribution in [0.3, 0.4) is 0 Å². The molecule has 0 fully saturated rings. The molecule has 0 radical (unpaired) electrons. The summed E-state index contributed by atoms with van der Waals surface area (Å²) < 4.78 is 0. The first-order valence-corrected chi connectivity index (χ1v) is 4.07. The van der Waals surface area contributed by atoms with Crippen LogP contribution in [0, 0.1) is 0 Å². The number of nitrogens with one attached hydrogen (secondary N) is 1. The Morgan fingerprint density at radius 2 is 2.00 bits per heavy atom. The van der Waals surface area contributed by atoms with Gasteiger partial charge in [-0.2, -0.15) is 0 Å². The van der Waals surface area contributed by atoms with Crippen LogP contribution in [0.2, 0.25) is 0 Å². The van der Waals surface area contributed by atoms with Crippen molar-refractivity contribution in [3.8, 4) is 0 Å². The second kappa shape index (κ2) is 9.27. The van der Waals surface area contributed by atoms with E-state index >= 15 is 0 Å². The lowest BCUT2D eigenvalue weighted by Gasteiger charge is -1.97. The van der Waals surface area contributed by atoms with E-state index in [0.29, 0.717) is 6.54 Å². The second-order valence-electron chi connectivity index (χ2n) is 2.47. The molecule has 0 heterocycles. The van der Waals surface area contributed by atoms with Crippen molar-refractivity contribution in [1.82, 2.24) is 5.32 Å². The lowest BCUT2D eigenvalue weighted by Crippen LogP contribution is -2.06. The summed E-state index contributed by atoms with van der Waals surface area (Å²) in [7, 11) is 1.96. The maximum absolute atomic E-state index is 7.96. The molecule has 0 saturated heterocycles. The van der Waals surface area contributed by atoms with Gasteiger partial charge >= 0.3 is 0 Å². The molecule has 0 amide bonds. The van der Waals surface area contributed by atoms with Gasteiger partial charge in [0.25, 0.3) is 0 Å². The van der Waals surface area contributed by atoms with Crippen molar-refractivity contribution in [3.05, 3.63) is 10.4 Å². The van der Waals surface area contributed by atoms with Crippen molar-refractivity contribution in [2.24, 2.45) is 5.11 Å². The third-order valence-electron chi connectivity index (χ3n) is 1.50. The molecule has 4 heteroatoms. The Labute approximate surface area is 67.6 Å². The van der Waals surface area contributed by atoms with Crippen molar-refractivity contribution >= 4 is 0 Å². The number of unbranched alkanes of at least 4 members (excludes halogenated alkanes) is 3. The van der Waals surface area contributed by atoms with Crippen molar-refractivity contribution < 1.29 is 0 Å². The molecule has 0 rings (SSSR count). The van der Waals surface area contributed by atoms with Gasteiger partial charge in [-0.25, -0.2) is 0 Å². The van der Waals surface area contributed by atoms with Crippen LogP contribution in [0.25, 0.3) is 10.4 Å². The predicted molar refractivity (Wildman–Crippen MR) is 46.4 cm³/mol. The predicted octanol–water partition coefficient (Wildman–Crippen LogP) is 2.08. The molecule has 0 saturated carbocycles. The minimum atomic E-state index is 0.649. The molecule has 0 aliphatic rings. The first-order chi connectivity index (χ1) is 5.41. The number of nitrogens with zero attached hydrogens (tertiary/aromatic N) is 3. The van der Waals surface area contributed by atoms with Gasteiger partial charge in [0.15, 0.2) is 0 Å². The fourth-order valence-corrected chi connectivity index (χ4v) is 0.883. The highest BCUT2D eigenvalue weighted by molar-refractivity contribution is 4.49. The van der Waals surface area contributed by atoms with Gasteiger partial charge in [-0.1, -0.05) is 18.0 Å². The second-order valence-corrected chi connectivity index (χ2v) is 2.47. The monoisotopic (exact) mass is 156 g/mol. The topological polar surface area (TPSA) is 60.8 Å².